The fourth-order valence-corrected chi connectivity index (χ4v) is 0. The minimum absolute atomic E-state index is 0. The molecule has 0 heterocycles. The van der Waals surface area contributed by atoms with Crippen LogP contribution in [0, 0.1) is 6.92 Å². The molecule has 0 spiro atoms. The molecular weight excluding hydrogens is 75.9 g/mol. The van der Waals surface area contributed by atoms with Crippen LogP contribution in [0.25, 0.3) is 5.73 Å². The van der Waals surface area contributed by atoms with Crippen molar-refractivity contribution >= 4 is 0 Å². The minimum atomic E-state index is 0. The van der Waals surface area contributed by atoms with Gasteiger partial charge < -0.3 is 12.7 Å². The largest absolute Gasteiger partial charge is 1.00 e. The van der Waals surface area contributed by atoms with Crippen molar-refractivity contribution < 1.29 is 37.7 Å². The third kappa shape index (κ3) is 19.1. The van der Waals surface area contributed by atoms with Crippen molar-refractivity contribution in [2.24, 2.45) is 0 Å². The quantitative estimate of drug-likeness (QED) is 0.227. The zero-order valence-electron chi connectivity index (χ0n) is 5.49. The predicted octanol–water partition coefficient (Wildman–Crippen LogP) is -4.34. The van der Waals surface area contributed by atoms with Crippen molar-refractivity contribution in [3.8, 4) is 0 Å². The van der Waals surface area contributed by atoms with Crippen LogP contribution in [0.2, 0.25) is 0 Å². The summed E-state index contributed by atoms with van der Waals surface area (Å²) in [7, 11) is 0. The summed E-state index contributed by atoms with van der Waals surface area (Å²) < 4.78 is 0. The third-order valence-electron chi connectivity index (χ3n) is 0.433. The minimum Gasteiger partial charge on any atom is -0.677 e. The first kappa shape index (κ1) is 15.7. The molecule has 1 nitrogen and oxygen atoms in total. The Morgan fingerprint density at radius 2 is 1.71 bits per heavy atom. The van der Waals surface area contributed by atoms with Gasteiger partial charge in [0.25, 0.3) is 0 Å². The van der Waals surface area contributed by atoms with E-state index >= 15 is 0 Å². The molecule has 1 unspecified atom stereocenters. The molecule has 0 rings (SSSR count). The van der Waals surface area contributed by atoms with Gasteiger partial charge >= 0.3 is 37.7 Å². The molecule has 0 aliphatic rings. The third-order valence-corrected chi connectivity index (χ3v) is 0.433. The van der Waals surface area contributed by atoms with Crippen LogP contribution in [-0.4, -0.2) is 6.04 Å². The fourth-order valence-electron chi connectivity index (χ4n) is 0. The van der Waals surface area contributed by atoms with Crippen molar-refractivity contribution in [1.29, 1.82) is 0 Å². The molecule has 0 aliphatic carbocycles. The van der Waals surface area contributed by atoms with Gasteiger partial charge in [-0.05, 0) is 0 Å². The Labute approximate surface area is 69.8 Å². The van der Waals surface area contributed by atoms with E-state index in [1.54, 1.807) is 0 Å². The van der Waals surface area contributed by atoms with Gasteiger partial charge in [0.2, 0.25) is 0 Å². The Kier molecular flexibility index (Phi) is 22.9. The second-order valence-corrected chi connectivity index (χ2v) is 1.19. The Bertz CT molecular complexity index is 23.7. The summed E-state index contributed by atoms with van der Waals surface area (Å²) in [5.41, 5.74) is 6.76. The van der Waals surface area contributed by atoms with Crippen LogP contribution in [0.4, 0.5) is 0 Å². The molecule has 0 aromatic rings. The Morgan fingerprint density at radius 1 is 1.57 bits per heavy atom. The maximum Gasteiger partial charge on any atom is 1.00 e. The van der Waals surface area contributed by atoms with Gasteiger partial charge in [0.15, 0.2) is 0 Å². The second kappa shape index (κ2) is 10.2. The van der Waals surface area contributed by atoms with Crippen LogP contribution in [0.3, 0.4) is 0 Å². The zero-order valence-corrected chi connectivity index (χ0v) is 5.49. The summed E-state index contributed by atoms with van der Waals surface area (Å²) in [6.07, 6.45) is 0.722. The zero-order chi connectivity index (χ0) is 4.28. The number of nitrogens with one attached hydrogen (secondary N) is 1. The predicted molar refractivity (Wildman–Crippen MR) is 23.8 cm³/mol. The van der Waals surface area contributed by atoms with Gasteiger partial charge in [0, 0.05) is 0 Å². The first-order valence-electron chi connectivity index (χ1n) is 1.77. The molecule has 7 heavy (non-hydrogen) atoms. The monoisotopic (exact) mass is 85.1 g/mol. The maximum atomic E-state index is 6.76. The summed E-state index contributed by atoms with van der Waals surface area (Å²) >= 11 is 0. The number of hydrogen-bond acceptors (Lipinski definition) is 0. The van der Waals surface area contributed by atoms with Gasteiger partial charge in [-0.1, -0.05) is 6.92 Å². The van der Waals surface area contributed by atoms with Crippen LogP contribution in [0.5, 0.6) is 0 Å². The van der Waals surface area contributed by atoms with E-state index in [1.807, 2.05) is 6.92 Å². The van der Waals surface area contributed by atoms with Crippen molar-refractivity contribution in [1.82, 2.24) is 0 Å². The van der Waals surface area contributed by atoms with Gasteiger partial charge in [0.1, 0.15) is 0 Å². The molecule has 3 heteroatoms. The standard InChI is InChI=1S/C4H9N.2Li/c1-3-4(2)5;;/h4-5H,1,3H2,2H3;;/q-2;2*+1. The molecule has 1 atom stereocenters. The molecule has 0 aliphatic heterocycles. The summed E-state index contributed by atoms with van der Waals surface area (Å²) in [6, 6.07) is 0.0231. The van der Waals surface area contributed by atoms with Crippen molar-refractivity contribution in [3.05, 3.63) is 12.7 Å². The summed E-state index contributed by atoms with van der Waals surface area (Å²) in [4.78, 5) is 0. The molecule has 1 N–H and O–H groups in total. The van der Waals surface area contributed by atoms with Crippen LogP contribution in [-0.2, 0) is 0 Å². The average molecular weight is 85.0 g/mol. The normalized spacial score (nSPS) is 10.7. The SMILES string of the molecule is [CH2-]CC(C)[NH-].[Li+].[Li+]. The maximum absolute atomic E-state index is 6.76. The van der Waals surface area contributed by atoms with Gasteiger partial charge in [0.05, 0.1) is 0 Å². The molecule has 0 amide bonds. The molecule has 0 bridgehead atoms. The molecule has 0 aromatic heterocycles. The van der Waals surface area contributed by atoms with Crippen molar-refractivity contribution in [2.45, 2.75) is 19.4 Å². The van der Waals surface area contributed by atoms with E-state index in [-0.39, 0.29) is 43.8 Å². The summed E-state index contributed by atoms with van der Waals surface area (Å²) in [6.45, 7) is 5.32. The topological polar surface area (TPSA) is 23.8 Å². The van der Waals surface area contributed by atoms with Crippen LogP contribution < -0.4 is 37.7 Å². The first-order chi connectivity index (χ1) is 2.27. The van der Waals surface area contributed by atoms with Gasteiger partial charge in [-0.15, -0.1) is 0 Å². The van der Waals surface area contributed by atoms with Gasteiger partial charge in [-0.25, -0.2) is 0 Å². The van der Waals surface area contributed by atoms with E-state index in [0.717, 1.165) is 6.42 Å². The Balaban J connectivity index is -0.0000000800. The Morgan fingerprint density at radius 3 is 1.71 bits per heavy atom. The van der Waals surface area contributed by atoms with E-state index in [2.05, 4.69) is 6.92 Å². The van der Waals surface area contributed by atoms with E-state index in [1.165, 1.54) is 0 Å². The van der Waals surface area contributed by atoms with Crippen LogP contribution in [0.15, 0.2) is 0 Å². The van der Waals surface area contributed by atoms with Crippen molar-refractivity contribution in [3.63, 3.8) is 0 Å². The molecule has 0 aromatic carbocycles. The molecule has 0 radical (unpaired) electrons. The fraction of sp³-hybridized carbons (Fsp3) is 0.750. The molecule has 0 fully saturated rings. The molecular formula is C4H9Li2N. The molecule has 0 saturated carbocycles. The van der Waals surface area contributed by atoms with E-state index in [4.69, 9.17) is 5.73 Å². The van der Waals surface area contributed by atoms with Gasteiger partial charge in [-0.2, -0.15) is 12.5 Å². The van der Waals surface area contributed by atoms with Gasteiger partial charge in [-0.3, -0.25) is 0 Å². The summed E-state index contributed by atoms with van der Waals surface area (Å²) in [5.74, 6) is 0. The molecule has 32 valence electrons. The Hall–Kier alpha value is 1.15. The summed E-state index contributed by atoms with van der Waals surface area (Å²) in [5, 5.41) is 0. The second-order valence-electron chi connectivity index (χ2n) is 1.19. The smallest absolute Gasteiger partial charge is 0.677 e. The number of hydrogen-bond donors (Lipinski definition) is 0. The van der Waals surface area contributed by atoms with E-state index in [0.29, 0.717) is 0 Å². The van der Waals surface area contributed by atoms with E-state index in [9.17, 15) is 0 Å². The van der Waals surface area contributed by atoms with E-state index < -0.39 is 0 Å². The molecule has 0 saturated heterocycles. The van der Waals surface area contributed by atoms with Crippen molar-refractivity contribution in [2.75, 3.05) is 0 Å². The average Bonchev–Trinajstić information content (AvgIpc) is 1.38. The first-order valence-corrected chi connectivity index (χ1v) is 1.77. The van der Waals surface area contributed by atoms with Crippen LogP contribution in [0.1, 0.15) is 13.3 Å². The van der Waals surface area contributed by atoms with Crippen LogP contribution >= 0.6 is 0 Å². The number of rotatable bonds is 1.